The molecule has 1 amide bonds. The van der Waals surface area contributed by atoms with Gasteiger partial charge in [0.1, 0.15) is 6.54 Å². The second kappa shape index (κ2) is 4.39. The zero-order valence-corrected chi connectivity index (χ0v) is 8.37. The summed E-state index contributed by atoms with van der Waals surface area (Å²) in [6, 6.07) is 3.48. The minimum Gasteiger partial charge on any atom is -0.381 e. The molecule has 0 saturated carbocycles. The van der Waals surface area contributed by atoms with Crippen LogP contribution in [0.2, 0.25) is 0 Å². The third-order valence-electron chi connectivity index (χ3n) is 1.78. The van der Waals surface area contributed by atoms with E-state index in [9.17, 15) is 4.79 Å². The van der Waals surface area contributed by atoms with Gasteiger partial charge in [0.2, 0.25) is 5.91 Å². The number of carbonyl (C=O) groups excluding carboxylic acids is 1. The summed E-state index contributed by atoms with van der Waals surface area (Å²) in [4.78, 5) is 16.6. The molecule has 0 unspecified atom stereocenters. The van der Waals surface area contributed by atoms with Crippen LogP contribution in [0.15, 0.2) is 30.7 Å². The van der Waals surface area contributed by atoms with E-state index in [0.29, 0.717) is 5.69 Å². The first-order valence-corrected chi connectivity index (χ1v) is 4.59. The van der Waals surface area contributed by atoms with Gasteiger partial charge in [-0.05, 0) is 12.1 Å². The molecule has 2 aromatic rings. The molecule has 2 aromatic heterocycles. The van der Waals surface area contributed by atoms with E-state index in [2.05, 4.69) is 20.5 Å². The SMILES string of the molecule is Nc1cnn(CC(=O)Nc2cccnc2)n1. The Morgan fingerprint density at radius 1 is 1.50 bits per heavy atom. The summed E-state index contributed by atoms with van der Waals surface area (Å²) in [6.45, 7) is 0.0199. The van der Waals surface area contributed by atoms with Gasteiger partial charge in [-0.15, -0.1) is 5.10 Å². The van der Waals surface area contributed by atoms with Gasteiger partial charge in [-0.2, -0.15) is 9.90 Å². The largest absolute Gasteiger partial charge is 0.381 e. The van der Waals surface area contributed by atoms with Crippen LogP contribution in [0, 0.1) is 0 Å². The fourth-order valence-corrected chi connectivity index (χ4v) is 1.15. The molecule has 82 valence electrons. The Morgan fingerprint density at radius 3 is 3.00 bits per heavy atom. The summed E-state index contributed by atoms with van der Waals surface area (Å²) in [5, 5.41) is 10.3. The molecular weight excluding hydrogens is 208 g/mol. The van der Waals surface area contributed by atoms with Gasteiger partial charge < -0.3 is 11.1 Å². The molecule has 0 aliphatic heterocycles. The van der Waals surface area contributed by atoms with Gasteiger partial charge in [0.05, 0.1) is 18.1 Å². The quantitative estimate of drug-likeness (QED) is 0.749. The Balaban J connectivity index is 1.95. The maximum Gasteiger partial charge on any atom is 0.248 e. The summed E-state index contributed by atoms with van der Waals surface area (Å²) in [6.07, 6.45) is 4.57. The highest BCUT2D eigenvalue weighted by molar-refractivity contribution is 5.90. The second-order valence-electron chi connectivity index (χ2n) is 3.09. The highest BCUT2D eigenvalue weighted by Gasteiger charge is 2.05. The number of hydrogen-bond donors (Lipinski definition) is 2. The first-order chi connectivity index (χ1) is 7.74. The number of pyridine rings is 1. The predicted molar refractivity (Wildman–Crippen MR) is 57.3 cm³/mol. The zero-order chi connectivity index (χ0) is 11.4. The van der Waals surface area contributed by atoms with Crippen molar-refractivity contribution in [3.8, 4) is 0 Å². The van der Waals surface area contributed by atoms with Crippen molar-refractivity contribution in [3.63, 3.8) is 0 Å². The summed E-state index contributed by atoms with van der Waals surface area (Å²) in [7, 11) is 0. The highest BCUT2D eigenvalue weighted by Crippen LogP contribution is 2.02. The van der Waals surface area contributed by atoms with Crippen LogP contribution < -0.4 is 11.1 Å². The van der Waals surface area contributed by atoms with Crippen molar-refractivity contribution in [2.24, 2.45) is 0 Å². The molecule has 0 atom stereocenters. The van der Waals surface area contributed by atoms with Crippen molar-refractivity contribution >= 4 is 17.4 Å². The maximum atomic E-state index is 11.5. The highest BCUT2D eigenvalue weighted by atomic mass is 16.2. The lowest BCUT2D eigenvalue weighted by Crippen LogP contribution is -2.20. The lowest BCUT2D eigenvalue weighted by atomic mass is 10.4. The fraction of sp³-hybridized carbons (Fsp3) is 0.111. The Bertz CT molecular complexity index is 480. The predicted octanol–water partition coefficient (Wildman–Crippen LogP) is -0.106. The van der Waals surface area contributed by atoms with Crippen molar-refractivity contribution in [3.05, 3.63) is 30.7 Å². The van der Waals surface area contributed by atoms with Crippen LogP contribution in [-0.2, 0) is 11.3 Å². The Hall–Kier alpha value is -2.44. The van der Waals surface area contributed by atoms with Crippen LogP contribution in [0.4, 0.5) is 11.5 Å². The van der Waals surface area contributed by atoms with Gasteiger partial charge in [-0.3, -0.25) is 9.78 Å². The van der Waals surface area contributed by atoms with Crippen molar-refractivity contribution in [2.75, 3.05) is 11.1 Å². The average Bonchev–Trinajstić information content (AvgIpc) is 2.65. The van der Waals surface area contributed by atoms with Gasteiger partial charge in [0.15, 0.2) is 5.82 Å². The van der Waals surface area contributed by atoms with Crippen LogP contribution in [0.3, 0.4) is 0 Å². The molecule has 0 aliphatic carbocycles. The smallest absolute Gasteiger partial charge is 0.248 e. The number of rotatable bonds is 3. The van der Waals surface area contributed by atoms with Crippen molar-refractivity contribution in [1.82, 2.24) is 20.0 Å². The summed E-state index contributed by atoms with van der Waals surface area (Å²) < 4.78 is 0. The third-order valence-corrected chi connectivity index (χ3v) is 1.78. The number of nitrogen functional groups attached to an aromatic ring is 1. The minimum atomic E-state index is -0.233. The normalized spacial score (nSPS) is 10.0. The molecule has 7 nitrogen and oxygen atoms in total. The minimum absolute atomic E-state index is 0.0199. The van der Waals surface area contributed by atoms with Crippen LogP contribution in [0.1, 0.15) is 0 Å². The van der Waals surface area contributed by atoms with E-state index in [1.165, 1.54) is 11.0 Å². The molecule has 7 heteroatoms. The summed E-state index contributed by atoms with van der Waals surface area (Å²) >= 11 is 0. The summed E-state index contributed by atoms with van der Waals surface area (Å²) in [5.41, 5.74) is 6.00. The lowest BCUT2D eigenvalue weighted by Gasteiger charge is -2.03. The molecule has 0 fully saturated rings. The number of nitrogens with zero attached hydrogens (tertiary/aromatic N) is 4. The van der Waals surface area contributed by atoms with Crippen molar-refractivity contribution < 1.29 is 4.79 Å². The van der Waals surface area contributed by atoms with Gasteiger partial charge in [0, 0.05) is 6.20 Å². The molecule has 0 aliphatic rings. The van der Waals surface area contributed by atoms with Crippen LogP contribution in [-0.4, -0.2) is 25.9 Å². The number of carbonyl (C=O) groups is 1. The average molecular weight is 218 g/mol. The van der Waals surface area contributed by atoms with Crippen LogP contribution >= 0.6 is 0 Å². The van der Waals surface area contributed by atoms with Crippen molar-refractivity contribution in [1.29, 1.82) is 0 Å². The van der Waals surface area contributed by atoms with Gasteiger partial charge in [0.25, 0.3) is 0 Å². The standard InChI is InChI=1S/C9H10N6O/c10-8-5-12-15(14-8)6-9(16)13-7-2-1-3-11-4-7/h1-5H,6H2,(H2,10,14)(H,13,16). The van der Waals surface area contributed by atoms with E-state index in [1.54, 1.807) is 24.5 Å². The Kier molecular flexibility index (Phi) is 2.77. The van der Waals surface area contributed by atoms with Crippen LogP contribution in [0.25, 0.3) is 0 Å². The molecule has 2 rings (SSSR count). The van der Waals surface area contributed by atoms with Gasteiger partial charge >= 0.3 is 0 Å². The molecule has 0 radical (unpaired) electrons. The molecule has 0 aromatic carbocycles. The van der Waals surface area contributed by atoms with Gasteiger partial charge in [-0.1, -0.05) is 0 Å². The van der Waals surface area contributed by atoms with E-state index in [1.807, 2.05) is 0 Å². The molecule has 3 N–H and O–H groups in total. The first kappa shape index (κ1) is 10.1. The van der Waals surface area contributed by atoms with E-state index >= 15 is 0 Å². The molecule has 2 heterocycles. The number of aromatic nitrogens is 4. The van der Waals surface area contributed by atoms with Crippen LogP contribution in [0.5, 0.6) is 0 Å². The van der Waals surface area contributed by atoms with E-state index in [0.717, 1.165) is 0 Å². The molecule has 0 saturated heterocycles. The maximum absolute atomic E-state index is 11.5. The lowest BCUT2D eigenvalue weighted by molar-refractivity contribution is -0.117. The molecular formula is C9H10N6O. The van der Waals surface area contributed by atoms with Crippen molar-refractivity contribution in [2.45, 2.75) is 6.54 Å². The first-order valence-electron chi connectivity index (χ1n) is 4.59. The molecule has 16 heavy (non-hydrogen) atoms. The monoisotopic (exact) mass is 218 g/mol. The topological polar surface area (TPSA) is 98.7 Å². The fourth-order valence-electron chi connectivity index (χ4n) is 1.15. The number of amides is 1. The summed E-state index contributed by atoms with van der Waals surface area (Å²) in [5.74, 6) is 0.0535. The van der Waals surface area contributed by atoms with E-state index in [-0.39, 0.29) is 18.3 Å². The number of nitrogens with two attached hydrogens (primary N) is 1. The number of anilines is 2. The van der Waals surface area contributed by atoms with E-state index < -0.39 is 0 Å². The second-order valence-corrected chi connectivity index (χ2v) is 3.09. The molecule has 0 bridgehead atoms. The third kappa shape index (κ3) is 2.53. The Labute approximate surface area is 91.3 Å². The number of hydrogen-bond acceptors (Lipinski definition) is 5. The Morgan fingerprint density at radius 2 is 2.38 bits per heavy atom. The number of nitrogens with one attached hydrogen (secondary N) is 1. The van der Waals surface area contributed by atoms with Gasteiger partial charge in [-0.25, -0.2) is 0 Å². The van der Waals surface area contributed by atoms with E-state index in [4.69, 9.17) is 5.73 Å². The zero-order valence-electron chi connectivity index (χ0n) is 8.37. The molecule has 0 spiro atoms.